The second kappa shape index (κ2) is 17.3. The van der Waals surface area contributed by atoms with E-state index in [9.17, 15) is 25.2 Å². The van der Waals surface area contributed by atoms with Crippen LogP contribution in [0.4, 0.5) is 4.39 Å². The lowest BCUT2D eigenvalue weighted by molar-refractivity contribution is -0.133. The largest absolute Gasteiger partial charge is 0.394 e. The number of nitrogens with zero attached hydrogens (tertiary/aromatic N) is 3. The number of likely N-dealkylation sites (tertiary alicyclic amines) is 3. The molecule has 46 heavy (non-hydrogen) atoms. The Morgan fingerprint density at radius 3 is 2.37 bits per heavy atom. The maximum atomic E-state index is 15.2. The highest BCUT2D eigenvalue weighted by Crippen LogP contribution is 2.35. The van der Waals surface area contributed by atoms with Gasteiger partial charge in [0.2, 0.25) is 5.91 Å². The molecule has 9 atom stereocenters. The van der Waals surface area contributed by atoms with Gasteiger partial charge >= 0.3 is 0 Å². The molecule has 3 unspecified atom stereocenters. The first-order valence-electron chi connectivity index (χ1n) is 17.6. The molecule has 1 amide bonds. The number of rotatable bonds is 14. The Morgan fingerprint density at radius 1 is 0.957 bits per heavy atom. The van der Waals surface area contributed by atoms with Gasteiger partial charge in [-0.3, -0.25) is 25.2 Å². The zero-order chi connectivity index (χ0) is 32.8. The van der Waals surface area contributed by atoms with E-state index >= 15 is 4.39 Å². The number of carbonyl (C=O) groups excluding carboxylic acids is 1. The molecule has 7 N–H and O–H groups in total. The van der Waals surface area contributed by atoms with Crippen molar-refractivity contribution in [3.63, 3.8) is 0 Å². The van der Waals surface area contributed by atoms with Crippen LogP contribution in [-0.4, -0.2) is 166 Å². The highest BCUT2D eigenvalue weighted by Gasteiger charge is 2.45. The summed E-state index contributed by atoms with van der Waals surface area (Å²) in [6, 6.07) is 0.0219. The summed E-state index contributed by atoms with van der Waals surface area (Å²) in [6.07, 6.45) is 0.234. The SMILES string of the molecule is O=C(CC1CCC(OCCCC2CCN(C3NCC(Cl)CN3)CC2)CC1F)N1C[C@H]2CCN(C[C@H](O)[C@@H](O)[C@H](O)[C@H](O)CO)[C@H]2C1. The molecule has 0 spiro atoms. The molecule has 12 nitrogen and oxygen atoms in total. The molecule has 4 saturated heterocycles. The number of ether oxygens (including phenoxy) is 1. The van der Waals surface area contributed by atoms with Crippen LogP contribution in [0.15, 0.2) is 0 Å². The smallest absolute Gasteiger partial charge is 0.223 e. The van der Waals surface area contributed by atoms with E-state index in [1.54, 1.807) is 0 Å². The molecule has 266 valence electrons. The molecule has 1 saturated carbocycles. The highest BCUT2D eigenvalue weighted by molar-refractivity contribution is 6.21. The molecule has 0 bridgehead atoms. The summed E-state index contributed by atoms with van der Waals surface area (Å²) in [5, 5.41) is 56.3. The summed E-state index contributed by atoms with van der Waals surface area (Å²) in [4.78, 5) is 19.5. The number of hydrogen-bond acceptors (Lipinski definition) is 11. The van der Waals surface area contributed by atoms with Gasteiger partial charge in [-0.15, -0.1) is 11.6 Å². The van der Waals surface area contributed by atoms with Crippen molar-refractivity contribution >= 4 is 17.5 Å². The van der Waals surface area contributed by atoms with Crippen molar-refractivity contribution in [3.8, 4) is 0 Å². The number of amides is 1. The van der Waals surface area contributed by atoms with Gasteiger partial charge in [0.1, 0.15) is 30.8 Å². The average molecular weight is 678 g/mol. The van der Waals surface area contributed by atoms with E-state index in [1.165, 1.54) is 12.8 Å². The molecule has 4 aliphatic heterocycles. The van der Waals surface area contributed by atoms with Crippen LogP contribution in [0.1, 0.15) is 57.8 Å². The number of β-amino-alcohol motifs (C(OH)–C–C–N with tert-alkyl or cyclic N) is 1. The van der Waals surface area contributed by atoms with Gasteiger partial charge in [0.05, 0.1) is 24.2 Å². The quantitative estimate of drug-likeness (QED) is 0.0933. The Hall–Kier alpha value is -0.710. The number of hydrogen-bond donors (Lipinski definition) is 7. The van der Waals surface area contributed by atoms with Gasteiger partial charge in [-0.2, -0.15) is 0 Å². The van der Waals surface area contributed by atoms with E-state index in [-0.39, 0.29) is 54.5 Å². The van der Waals surface area contributed by atoms with Crippen molar-refractivity contribution in [1.82, 2.24) is 25.3 Å². The van der Waals surface area contributed by atoms with Crippen LogP contribution in [0.5, 0.6) is 0 Å². The molecule has 4 heterocycles. The molecule has 5 rings (SSSR count). The van der Waals surface area contributed by atoms with Crippen LogP contribution in [0.25, 0.3) is 0 Å². The van der Waals surface area contributed by atoms with Crippen LogP contribution in [0.2, 0.25) is 0 Å². The Labute approximate surface area is 277 Å². The Morgan fingerprint density at radius 2 is 1.67 bits per heavy atom. The molecular formula is C32H57ClFN5O7. The first-order chi connectivity index (χ1) is 22.1. The molecule has 0 aromatic rings. The van der Waals surface area contributed by atoms with Gasteiger partial charge in [0.25, 0.3) is 0 Å². The van der Waals surface area contributed by atoms with E-state index in [2.05, 4.69) is 15.5 Å². The minimum atomic E-state index is -1.66. The standard InChI is InChI=1S/C32H57ClFN5O7/c33-23-14-35-32(36-15-23)37-8-5-20(6-9-37)2-1-11-46-24-4-3-21(25(34)13-24)12-29(43)39-16-22-7-10-38(26(22)17-39)18-27(41)30(44)31(45)28(42)19-40/h20-28,30-32,35-36,40-42,44-45H,1-19H2/t21?,22-,23?,24?,25?,26+,27+,28-,30-,31-,32?/m1/s1. The van der Waals surface area contributed by atoms with Crippen LogP contribution in [-0.2, 0) is 9.53 Å². The molecule has 0 radical (unpaired) electrons. The second-order valence-electron chi connectivity index (χ2n) is 14.4. The third kappa shape index (κ3) is 9.50. The number of halogens is 2. The van der Waals surface area contributed by atoms with Gasteiger partial charge in [-0.1, -0.05) is 0 Å². The minimum absolute atomic E-state index is 0.0219. The number of alkyl halides is 2. The summed E-state index contributed by atoms with van der Waals surface area (Å²) in [6.45, 7) is 5.62. The summed E-state index contributed by atoms with van der Waals surface area (Å²) >= 11 is 6.16. The zero-order valence-corrected chi connectivity index (χ0v) is 27.8. The predicted molar refractivity (Wildman–Crippen MR) is 171 cm³/mol. The van der Waals surface area contributed by atoms with Crippen LogP contribution >= 0.6 is 11.6 Å². The average Bonchev–Trinajstić information content (AvgIpc) is 3.66. The van der Waals surface area contributed by atoms with Crippen molar-refractivity contribution < 1.29 is 39.5 Å². The molecule has 14 heteroatoms. The number of aliphatic hydroxyl groups is 5. The lowest BCUT2D eigenvalue weighted by Gasteiger charge is -2.41. The van der Waals surface area contributed by atoms with Gasteiger partial charge < -0.3 is 35.2 Å². The predicted octanol–water partition coefficient (Wildman–Crippen LogP) is -0.555. The van der Waals surface area contributed by atoms with E-state index in [0.717, 1.165) is 51.9 Å². The van der Waals surface area contributed by atoms with E-state index in [1.807, 2.05) is 9.80 Å². The molecule has 0 aromatic carbocycles. The maximum Gasteiger partial charge on any atom is 0.223 e. The summed E-state index contributed by atoms with van der Waals surface area (Å²) in [5.74, 6) is 0.610. The lowest BCUT2D eigenvalue weighted by Crippen LogP contribution is -2.62. The highest BCUT2D eigenvalue weighted by atomic mass is 35.5. The minimum Gasteiger partial charge on any atom is -0.394 e. The molecule has 5 aliphatic rings. The van der Waals surface area contributed by atoms with Crippen LogP contribution < -0.4 is 10.6 Å². The first kappa shape index (κ1) is 36.6. The Kier molecular flexibility index (Phi) is 13.7. The van der Waals surface area contributed by atoms with E-state index in [0.29, 0.717) is 45.0 Å². The maximum absolute atomic E-state index is 15.2. The molecule has 0 aromatic heterocycles. The lowest BCUT2D eigenvalue weighted by atomic mass is 9.83. The molecular weight excluding hydrogens is 621 g/mol. The first-order valence-corrected chi connectivity index (χ1v) is 18.0. The molecule has 1 aliphatic carbocycles. The van der Waals surface area contributed by atoms with Crippen molar-refractivity contribution in [2.24, 2.45) is 17.8 Å². The van der Waals surface area contributed by atoms with Crippen molar-refractivity contribution in [2.75, 3.05) is 65.6 Å². The van der Waals surface area contributed by atoms with Crippen molar-refractivity contribution in [3.05, 3.63) is 0 Å². The fourth-order valence-corrected chi connectivity index (χ4v) is 8.45. The van der Waals surface area contributed by atoms with Gasteiger partial charge in [-0.05, 0) is 69.2 Å². The third-order valence-corrected chi connectivity index (χ3v) is 11.6. The second-order valence-corrected chi connectivity index (χ2v) is 15.0. The van der Waals surface area contributed by atoms with Crippen LogP contribution in [0, 0.1) is 17.8 Å². The van der Waals surface area contributed by atoms with E-state index in [4.69, 9.17) is 21.4 Å². The number of carbonyl (C=O) groups is 1. The summed E-state index contributed by atoms with van der Waals surface area (Å²) < 4.78 is 21.3. The van der Waals surface area contributed by atoms with Gasteiger partial charge in [-0.25, -0.2) is 4.39 Å². The zero-order valence-electron chi connectivity index (χ0n) is 27.0. The van der Waals surface area contributed by atoms with E-state index < -0.39 is 37.2 Å². The van der Waals surface area contributed by atoms with Gasteiger partial charge in [0.15, 0.2) is 0 Å². The van der Waals surface area contributed by atoms with Crippen LogP contribution in [0.3, 0.4) is 0 Å². The Bertz CT molecular complexity index is 947. The van der Waals surface area contributed by atoms with Gasteiger partial charge in [0, 0.05) is 71.3 Å². The number of aliphatic hydroxyl groups excluding tert-OH is 5. The summed E-state index contributed by atoms with van der Waals surface area (Å²) in [5.41, 5.74) is 0. The fraction of sp³-hybridized carbons (Fsp3) is 0.969. The van der Waals surface area contributed by atoms with Crippen molar-refractivity contribution in [2.45, 2.75) is 112 Å². The third-order valence-electron chi connectivity index (χ3n) is 11.2. The monoisotopic (exact) mass is 677 g/mol. The number of nitrogens with one attached hydrogen (secondary N) is 2. The normalized spacial score (nSPS) is 36.0. The Balaban J connectivity index is 0.950. The van der Waals surface area contributed by atoms with Crippen molar-refractivity contribution in [1.29, 1.82) is 0 Å². The topological polar surface area (TPSA) is 161 Å². The fourth-order valence-electron chi connectivity index (χ4n) is 8.27. The molecule has 5 fully saturated rings. The summed E-state index contributed by atoms with van der Waals surface area (Å²) in [7, 11) is 0. The number of piperidine rings is 1. The number of fused-ring (bicyclic) bond motifs is 1.